The number of anilines is 1. The lowest BCUT2D eigenvalue weighted by Crippen LogP contribution is -2.13. The van der Waals surface area contributed by atoms with Gasteiger partial charge in [0.1, 0.15) is 5.75 Å². The van der Waals surface area contributed by atoms with Crippen LogP contribution in [-0.4, -0.2) is 7.11 Å². The Morgan fingerprint density at radius 2 is 2.00 bits per heavy atom. The molecular weight excluding hydrogens is 304 g/mol. The molecule has 0 saturated carbocycles. The van der Waals surface area contributed by atoms with Crippen LogP contribution in [0, 0.1) is 0 Å². The van der Waals surface area contributed by atoms with Gasteiger partial charge in [-0.05, 0) is 35.9 Å². The molecule has 0 fully saturated rings. The highest BCUT2D eigenvalue weighted by Gasteiger charge is 2.03. The van der Waals surface area contributed by atoms with E-state index in [1.165, 1.54) is 5.56 Å². The molecule has 0 bridgehead atoms. The average Bonchev–Trinajstić information content (AvgIpc) is 2.39. The van der Waals surface area contributed by atoms with Gasteiger partial charge in [-0.15, -0.1) is 0 Å². The van der Waals surface area contributed by atoms with E-state index in [2.05, 4.69) is 33.4 Å². The van der Waals surface area contributed by atoms with Gasteiger partial charge in [0.2, 0.25) is 0 Å². The SMILES string of the molecule is COc1ccc(Br)cc1CNCc1cccc(N)c1. The van der Waals surface area contributed by atoms with Gasteiger partial charge in [0.15, 0.2) is 0 Å². The van der Waals surface area contributed by atoms with Crippen LogP contribution >= 0.6 is 15.9 Å². The number of hydrogen-bond acceptors (Lipinski definition) is 3. The van der Waals surface area contributed by atoms with Crippen molar-refractivity contribution >= 4 is 21.6 Å². The first-order chi connectivity index (χ1) is 9.19. The van der Waals surface area contributed by atoms with Crippen LogP contribution < -0.4 is 15.8 Å². The lowest BCUT2D eigenvalue weighted by Gasteiger charge is -2.10. The van der Waals surface area contributed by atoms with E-state index in [1.54, 1.807) is 7.11 Å². The highest BCUT2D eigenvalue weighted by Crippen LogP contribution is 2.22. The van der Waals surface area contributed by atoms with Crippen molar-refractivity contribution in [1.82, 2.24) is 5.32 Å². The van der Waals surface area contributed by atoms with Crippen molar-refractivity contribution in [2.24, 2.45) is 0 Å². The summed E-state index contributed by atoms with van der Waals surface area (Å²) in [6, 6.07) is 13.9. The third-order valence-corrected chi connectivity index (χ3v) is 3.33. The third kappa shape index (κ3) is 3.98. The van der Waals surface area contributed by atoms with Gasteiger partial charge >= 0.3 is 0 Å². The van der Waals surface area contributed by atoms with E-state index < -0.39 is 0 Å². The summed E-state index contributed by atoms with van der Waals surface area (Å²) in [5.74, 6) is 0.892. The van der Waals surface area contributed by atoms with E-state index in [0.717, 1.165) is 34.6 Å². The van der Waals surface area contributed by atoms with E-state index in [0.29, 0.717) is 0 Å². The van der Waals surface area contributed by atoms with E-state index in [4.69, 9.17) is 10.5 Å². The number of nitrogen functional groups attached to an aromatic ring is 1. The number of rotatable bonds is 5. The summed E-state index contributed by atoms with van der Waals surface area (Å²) < 4.78 is 6.39. The largest absolute Gasteiger partial charge is 0.496 e. The Kier molecular flexibility index (Phi) is 4.82. The molecule has 0 aliphatic rings. The van der Waals surface area contributed by atoms with Crippen LogP contribution in [0.2, 0.25) is 0 Å². The average molecular weight is 321 g/mol. The van der Waals surface area contributed by atoms with Gasteiger partial charge in [0.25, 0.3) is 0 Å². The summed E-state index contributed by atoms with van der Waals surface area (Å²) in [7, 11) is 1.69. The predicted molar refractivity (Wildman–Crippen MR) is 82.1 cm³/mol. The van der Waals surface area contributed by atoms with Gasteiger partial charge in [-0.25, -0.2) is 0 Å². The number of nitrogens with one attached hydrogen (secondary N) is 1. The number of methoxy groups -OCH3 is 1. The number of nitrogens with two attached hydrogens (primary N) is 1. The van der Waals surface area contributed by atoms with E-state index in [9.17, 15) is 0 Å². The fraction of sp³-hybridized carbons (Fsp3) is 0.200. The predicted octanol–water partition coefficient (Wildman–Crippen LogP) is 3.33. The fourth-order valence-corrected chi connectivity index (χ4v) is 2.34. The van der Waals surface area contributed by atoms with Crippen molar-refractivity contribution in [1.29, 1.82) is 0 Å². The first-order valence-corrected chi connectivity index (χ1v) is 6.86. The fourth-order valence-electron chi connectivity index (χ4n) is 1.93. The maximum atomic E-state index is 5.75. The van der Waals surface area contributed by atoms with Gasteiger partial charge in [-0.1, -0.05) is 28.1 Å². The summed E-state index contributed by atoms with van der Waals surface area (Å²) in [5, 5.41) is 3.39. The Balaban J connectivity index is 1.97. The molecule has 100 valence electrons. The molecule has 4 heteroatoms. The molecule has 0 amide bonds. The molecular formula is C15H17BrN2O. The molecule has 0 aliphatic heterocycles. The number of benzene rings is 2. The lowest BCUT2D eigenvalue weighted by molar-refractivity contribution is 0.407. The van der Waals surface area contributed by atoms with Gasteiger partial charge in [0.05, 0.1) is 7.11 Å². The summed E-state index contributed by atoms with van der Waals surface area (Å²) in [6.45, 7) is 1.53. The maximum absolute atomic E-state index is 5.75. The minimum atomic E-state index is 0.747. The zero-order valence-electron chi connectivity index (χ0n) is 10.8. The van der Waals surface area contributed by atoms with Crippen molar-refractivity contribution in [3.63, 3.8) is 0 Å². The molecule has 19 heavy (non-hydrogen) atoms. The maximum Gasteiger partial charge on any atom is 0.123 e. The smallest absolute Gasteiger partial charge is 0.123 e. The van der Waals surface area contributed by atoms with E-state index in [1.807, 2.05) is 30.3 Å². The lowest BCUT2D eigenvalue weighted by atomic mass is 10.1. The monoisotopic (exact) mass is 320 g/mol. The molecule has 3 nitrogen and oxygen atoms in total. The zero-order valence-corrected chi connectivity index (χ0v) is 12.4. The number of halogens is 1. The van der Waals surface area contributed by atoms with E-state index >= 15 is 0 Å². The molecule has 0 unspecified atom stereocenters. The second kappa shape index (κ2) is 6.59. The second-order valence-electron chi connectivity index (χ2n) is 4.30. The van der Waals surface area contributed by atoms with Crippen molar-refractivity contribution in [2.45, 2.75) is 13.1 Å². The van der Waals surface area contributed by atoms with Crippen LogP contribution in [0.15, 0.2) is 46.9 Å². The van der Waals surface area contributed by atoms with Crippen LogP contribution in [0.3, 0.4) is 0 Å². The Morgan fingerprint density at radius 3 is 2.74 bits per heavy atom. The van der Waals surface area contributed by atoms with E-state index in [-0.39, 0.29) is 0 Å². The van der Waals surface area contributed by atoms with Crippen LogP contribution in [0.1, 0.15) is 11.1 Å². The molecule has 0 saturated heterocycles. The minimum Gasteiger partial charge on any atom is -0.496 e. The molecule has 0 radical (unpaired) electrons. The van der Waals surface area contributed by atoms with Crippen molar-refractivity contribution < 1.29 is 4.74 Å². The summed E-state index contributed by atoms with van der Waals surface area (Å²) in [4.78, 5) is 0. The Hall–Kier alpha value is -1.52. The molecule has 2 aromatic carbocycles. The highest BCUT2D eigenvalue weighted by atomic mass is 79.9. The van der Waals surface area contributed by atoms with Crippen LogP contribution in [0.25, 0.3) is 0 Å². The van der Waals surface area contributed by atoms with Crippen molar-refractivity contribution in [3.05, 3.63) is 58.1 Å². The van der Waals surface area contributed by atoms with Crippen LogP contribution in [0.5, 0.6) is 5.75 Å². The normalized spacial score (nSPS) is 10.4. The Labute approximate surface area is 121 Å². The first-order valence-electron chi connectivity index (χ1n) is 6.06. The Morgan fingerprint density at radius 1 is 1.16 bits per heavy atom. The van der Waals surface area contributed by atoms with Gasteiger partial charge in [-0.2, -0.15) is 0 Å². The number of ether oxygens (including phenoxy) is 1. The molecule has 3 N–H and O–H groups in total. The summed E-state index contributed by atoms with van der Waals surface area (Å²) >= 11 is 3.47. The quantitative estimate of drug-likeness (QED) is 0.831. The topological polar surface area (TPSA) is 47.3 Å². The third-order valence-electron chi connectivity index (χ3n) is 2.84. The van der Waals surface area contributed by atoms with Crippen molar-refractivity contribution in [2.75, 3.05) is 12.8 Å². The standard InChI is InChI=1S/C15H17BrN2O/c1-19-15-6-5-13(16)8-12(15)10-18-9-11-3-2-4-14(17)7-11/h2-8,18H,9-10,17H2,1H3. The summed E-state index contributed by atoms with van der Waals surface area (Å²) in [5.41, 5.74) is 8.84. The molecule has 0 atom stereocenters. The van der Waals surface area contributed by atoms with Crippen LogP contribution in [-0.2, 0) is 13.1 Å². The molecule has 0 aromatic heterocycles. The minimum absolute atomic E-state index is 0.747. The van der Waals surface area contributed by atoms with Crippen LogP contribution in [0.4, 0.5) is 5.69 Å². The molecule has 0 heterocycles. The molecule has 0 aliphatic carbocycles. The molecule has 2 rings (SSSR count). The Bertz CT molecular complexity index is 558. The van der Waals surface area contributed by atoms with Gasteiger partial charge in [0, 0.05) is 28.8 Å². The molecule has 2 aromatic rings. The molecule has 0 spiro atoms. The van der Waals surface area contributed by atoms with Crippen molar-refractivity contribution in [3.8, 4) is 5.75 Å². The number of hydrogen-bond donors (Lipinski definition) is 2. The second-order valence-corrected chi connectivity index (χ2v) is 5.22. The zero-order chi connectivity index (χ0) is 13.7. The van der Waals surface area contributed by atoms with Gasteiger partial charge in [-0.3, -0.25) is 0 Å². The first kappa shape index (κ1) is 13.9. The highest BCUT2D eigenvalue weighted by molar-refractivity contribution is 9.10. The van der Waals surface area contributed by atoms with Gasteiger partial charge < -0.3 is 15.8 Å². The summed E-state index contributed by atoms with van der Waals surface area (Å²) in [6.07, 6.45) is 0.